The van der Waals surface area contributed by atoms with Gasteiger partial charge in [-0.1, -0.05) is 25.3 Å². The summed E-state index contributed by atoms with van der Waals surface area (Å²) in [5, 5.41) is 2.98. The molecular weight excluding hydrogens is 226 g/mol. The van der Waals surface area contributed by atoms with Gasteiger partial charge in [-0.2, -0.15) is 0 Å². The Bertz CT molecular complexity index is 385. The van der Waals surface area contributed by atoms with Crippen molar-refractivity contribution in [1.29, 1.82) is 0 Å². The molecule has 4 nitrogen and oxygen atoms in total. The van der Waals surface area contributed by atoms with E-state index in [1.807, 2.05) is 6.07 Å². The summed E-state index contributed by atoms with van der Waals surface area (Å²) < 4.78 is 0. The van der Waals surface area contributed by atoms with E-state index in [-0.39, 0.29) is 11.3 Å². The number of aromatic nitrogens is 1. The van der Waals surface area contributed by atoms with Gasteiger partial charge in [-0.25, -0.2) is 0 Å². The average Bonchev–Trinajstić information content (AvgIpc) is 2.47. The number of pyridine rings is 1. The van der Waals surface area contributed by atoms with Crippen LogP contribution >= 0.6 is 0 Å². The summed E-state index contributed by atoms with van der Waals surface area (Å²) in [5.74, 6) is -0.103. The summed E-state index contributed by atoms with van der Waals surface area (Å²) in [6.45, 7) is 1.31. The first-order valence-corrected chi connectivity index (χ1v) is 6.65. The van der Waals surface area contributed by atoms with Gasteiger partial charge >= 0.3 is 0 Å². The maximum atomic E-state index is 11.9. The van der Waals surface area contributed by atoms with Gasteiger partial charge in [-0.05, 0) is 36.9 Å². The monoisotopic (exact) mass is 247 g/mol. The minimum absolute atomic E-state index is 0.0999. The van der Waals surface area contributed by atoms with Gasteiger partial charge in [0.2, 0.25) is 0 Å². The zero-order valence-electron chi connectivity index (χ0n) is 10.7. The fourth-order valence-corrected chi connectivity index (χ4v) is 2.61. The van der Waals surface area contributed by atoms with Crippen LogP contribution in [-0.2, 0) is 0 Å². The molecule has 0 saturated heterocycles. The molecule has 1 heterocycles. The Hall–Kier alpha value is -1.42. The van der Waals surface area contributed by atoms with Crippen LogP contribution in [0.4, 0.5) is 0 Å². The number of hydrogen-bond acceptors (Lipinski definition) is 3. The van der Waals surface area contributed by atoms with Gasteiger partial charge in [0.25, 0.3) is 5.91 Å². The van der Waals surface area contributed by atoms with Crippen molar-refractivity contribution in [3.63, 3.8) is 0 Å². The standard InChI is InChI=1S/C14H21N3O/c15-10-14(7-3-1-4-8-14)11-17-13(18)12-6-2-5-9-16-12/h2,5-6,9H,1,3-4,7-8,10-11,15H2,(H,17,18). The number of carbonyl (C=O) groups is 1. The molecule has 1 aliphatic carbocycles. The molecule has 98 valence electrons. The topological polar surface area (TPSA) is 68.0 Å². The predicted octanol–water partition coefficient (Wildman–Crippen LogP) is 1.72. The third-order valence-corrected chi connectivity index (χ3v) is 3.87. The van der Waals surface area contributed by atoms with E-state index in [2.05, 4.69) is 10.3 Å². The van der Waals surface area contributed by atoms with E-state index in [1.165, 1.54) is 19.3 Å². The fraction of sp³-hybridized carbons (Fsp3) is 0.571. The third kappa shape index (κ3) is 3.07. The number of rotatable bonds is 4. The molecule has 0 aliphatic heterocycles. The van der Waals surface area contributed by atoms with E-state index in [1.54, 1.807) is 18.3 Å². The molecule has 2 rings (SSSR count). The minimum Gasteiger partial charge on any atom is -0.350 e. The molecule has 1 aliphatic rings. The number of nitrogens with two attached hydrogens (primary N) is 1. The second-order valence-corrected chi connectivity index (χ2v) is 5.16. The van der Waals surface area contributed by atoms with Gasteiger partial charge in [-0.15, -0.1) is 0 Å². The first-order chi connectivity index (χ1) is 8.76. The van der Waals surface area contributed by atoms with Gasteiger partial charge in [0.1, 0.15) is 5.69 Å². The lowest BCUT2D eigenvalue weighted by Crippen LogP contribution is -2.43. The second-order valence-electron chi connectivity index (χ2n) is 5.16. The molecule has 18 heavy (non-hydrogen) atoms. The van der Waals surface area contributed by atoms with Crippen LogP contribution in [-0.4, -0.2) is 24.0 Å². The molecule has 1 saturated carbocycles. The van der Waals surface area contributed by atoms with Crippen molar-refractivity contribution in [2.75, 3.05) is 13.1 Å². The third-order valence-electron chi connectivity index (χ3n) is 3.87. The van der Waals surface area contributed by atoms with Crippen LogP contribution in [0, 0.1) is 5.41 Å². The van der Waals surface area contributed by atoms with Crippen LogP contribution in [0.2, 0.25) is 0 Å². The van der Waals surface area contributed by atoms with Crippen molar-refractivity contribution >= 4 is 5.91 Å². The lowest BCUT2D eigenvalue weighted by atomic mass is 9.74. The number of nitrogens with one attached hydrogen (secondary N) is 1. The highest BCUT2D eigenvalue weighted by Gasteiger charge is 2.31. The Balaban J connectivity index is 1.92. The molecule has 1 fully saturated rings. The molecule has 0 radical (unpaired) electrons. The minimum atomic E-state index is -0.103. The van der Waals surface area contributed by atoms with Crippen molar-refractivity contribution in [2.24, 2.45) is 11.1 Å². The highest BCUT2D eigenvalue weighted by Crippen LogP contribution is 2.34. The highest BCUT2D eigenvalue weighted by molar-refractivity contribution is 5.92. The summed E-state index contributed by atoms with van der Waals surface area (Å²) >= 11 is 0. The van der Waals surface area contributed by atoms with Gasteiger partial charge < -0.3 is 11.1 Å². The highest BCUT2D eigenvalue weighted by atomic mass is 16.1. The Kier molecular flexibility index (Phi) is 4.31. The Morgan fingerprint density at radius 1 is 1.33 bits per heavy atom. The number of hydrogen-bond donors (Lipinski definition) is 2. The van der Waals surface area contributed by atoms with Crippen LogP contribution in [0.15, 0.2) is 24.4 Å². The second kappa shape index (κ2) is 5.96. The predicted molar refractivity (Wildman–Crippen MR) is 71.1 cm³/mol. The molecule has 0 atom stereocenters. The maximum absolute atomic E-state index is 11.9. The van der Waals surface area contributed by atoms with E-state index in [9.17, 15) is 4.79 Å². The van der Waals surface area contributed by atoms with Crippen LogP contribution < -0.4 is 11.1 Å². The van der Waals surface area contributed by atoms with E-state index >= 15 is 0 Å². The number of nitrogens with zero attached hydrogens (tertiary/aromatic N) is 1. The summed E-state index contributed by atoms with van der Waals surface area (Å²) in [4.78, 5) is 16.0. The molecule has 0 aromatic carbocycles. The molecule has 1 aromatic rings. The van der Waals surface area contributed by atoms with E-state index in [4.69, 9.17) is 5.73 Å². The first-order valence-electron chi connectivity index (χ1n) is 6.65. The van der Waals surface area contributed by atoms with Gasteiger partial charge in [0.15, 0.2) is 0 Å². The van der Waals surface area contributed by atoms with Crippen molar-refractivity contribution < 1.29 is 4.79 Å². The Labute approximate surface area is 108 Å². The van der Waals surface area contributed by atoms with Gasteiger partial charge in [0, 0.05) is 12.7 Å². The zero-order valence-corrected chi connectivity index (χ0v) is 10.7. The maximum Gasteiger partial charge on any atom is 0.269 e. The smallest absolute Gasteiger partial charge is 0.269 e. The van der Waals surface area contributed by atoms with Crippen LogP contribution in [0.3, 0.4) is 0 Å². The van der Waals surface area contributed by atoms with E-state index < -0.39 is 0 Å². The fourth-order valence-electron chi connectivity index (χ4n) is 2.61. The van der Waals surface area contributed by atoms with Gasteiger partial charge in [0.05, 0.1) is 0 Å². The quantitative estimate of drug-likeness (QED) is 0.851. The lowest BCUT2D eigenvalue weighted by molar-refractivity contribution is 0.0909. The molecule has 4 heteroatoms. The van der Waals surface area contributed by atoms with E-state index in [0.29, 0.717) is 18.8 Å². The average molecular weight is 247 g/mol. The van der Waals surface area contributed by atoms with Crippen molar-refractivity contribution in [3.8, 4) is 0 Å². The SMILES string of the molecule is NCC1(CNC(=O)c2ccccn2)CCCCC1. The van der Waals surface area contributed by atoms with Crippen LogP contribution in [0.5, 0.6) is 0 Å². The van der Waals surface area contributed by atoms with Crippen molar-refractivity contribution in [3.05, 3.63) is 30.1 Å². The van der Waals surface area contributed by atoms with Crippen molar-refractivity contribution in [2.45, 2.75) is 32.1 Å². The Morgan fingerprint density at radius 3 is 2.72 bits per heavy atom. The summed E-state index contributed by atoms with van der Waals surface area (Å²) in [6.07, 6.45) is 7.59. The van der Waals surface area contributed by atoms with Crippen LogP contribution in [0.1, 0.15) is 42.6 Å². The van der Waals surface area contributed by atoms with Crippen LogP contribution in [0.25, 0.3) is 0 Å². The summed E-state index contributed by atoms with van der Waals surface area (Å²) in [6, 6.07) is 5.35. The molecule has 0 unspecified atom stereocenters. The number of carbonyl (C=O) groups excluding carboxylic acids is 1. The first kappa shape index (κ1) is 13.0. The van der Waals surface area contributed by atoms with E-state index in [0.717, 1.165) is 12.8 Å². The summed E-state index contributed by atoms with van der Waals surface area (Å²) in [5.41, 5.74) is 6.47. The number of amides is 1. The lowest BCUT2D eigenvalue weighted by Gasteiger charge is -2.36. The molecule has 0 spiro atoms. The molecule has 1 amide bonds. The molecule has 0 bridgehead atoms. The molecule has 3 N–H and O–H groups in total. The Morgan fingerprint density at radius 2 is 2.11 bits per heavy atom. The summed E-state index contributed by atoms with van der Waals surface area (Å²) in [7, 11) is 0. The largest absolute Gasteiger partial charge is 0.350 e. The normalized spacial score (nSPS) is 18.3. The zero-order chi connectivity index (χ0) is 12.8. The molecule has 1 aromatic heterocycles. The molecular formula is C14H21N3O. The van der Waals surface area contributed by atoms with Gasteiger partial charge in [-0.3, -0.25) is 9.78 Å². The van der Waals surface area contributed by atoms with Crippen molar-refractivity contribution in [1.82, 2.24) is 10.3 Å².